The number of carbonyl (C=O) groups is 1. The summed E-state index contributed by atoms with van der Waals surface area (Å²) in [7, 11) is 0. The van der Waals surface area contributed by atoms with Gasteiger partial charge in [-0.3, -0.25) is 4.79 Å². The van der Waals surface area contributed by atoms with Crippen LogP contribution in [0.4, 0.5) is 0 Å². The first-order valence-electron chi connectivity index (χ1n) is 7.04. The van der Waals surface area contributed by atoms with Crippen LogP contribution < -0.4 is 0 Å². The highest BCUT2D eigenvalue weighted by molar-refractivity contribution is 9.10. The molecule has 0 spiro atoms. The van der Waals surface area contributed by atoms with E-state index in [0.717, 1.165) is 0 Å². The van der Waals surface area contributed by atoms with Crippen LogP contribution in [0.25, 0.3) is 17.1 Å². The van der Waals surface area contributed by atoms with Crippen LogP contribution in [-0.2, 0) is 0 Å². The number of aromatic nitrogens is 3. The Balaban J connectivity index is 1.77. The monoisotopic (exact) mass is 383 g/mol. The second-order valence-electron chi connectivity index (χ2n) is 5.14. The van der Waals surface area contributed by atoms with E-state index in [4.69, 9.17) is 4.42 Å². The maximum atomic E-state index is 12.6. The Morgan fingerprint density at radius 1 is 1.25 bits per heavy atom. The molecule has 24 heavy (non-hydrogen) atoms. The minimum atomic E-state index is -0.335. The van der Waals surface area contributed by atoms with Crippen molar-refractivity contribution in [3.63, 3.8) is 0 Å². The van der Waals surface area contributed by atoms with E-state index in [9.17, 15) is 9.90 Å². The lowest BCUT2D eigenvalue weighted by atomic mass is 10.1. The van der Waals surface area contributed by atoms with Crippen molar-refractivity contribution < 1.29 is 14.3 Å². The molecule has 6 nitrogen and oxygen atoms in total. The Morgan fingerprint density at radius 3 is 2.92 bits per heavy atom. The van der Waals surface area contributed by atoms with Crippen molar-refractivity contribution in [2.45, 2.75) is 0 Å². The van der Waals surface area contributed by atoms with Gasteiger partial charge in [0.1, 0.15) is 11.4 Å². The number of halogens is 1. The second-order valence-corrected chi connectivity index (χ2v) is 6.06. The van der Waals surface area contributed by atoms with Gasteiger partial charge < -0.3 is 9.52 Å². The highest BCUT2D eigenvalue weighted by Gasteiger charge is 2.16. The van der Waals surface area contributed by atoms with Crippen LogP contribution in [0, 0.1) is 0 Å². The van der Waals surface area contributed by atoms with Crippen LogP contribution in [-0.4, -0.2) is 25.5 Å². The number of fused-ring (bicyclic) bond motifs is 1. The normalized spacial score (nSPS) is 11.0. The lowest BCUT2D eigenvalue weighted by molar-refractivity contribution is 0.103. The van der Waals surface area contributed by atoms with Gasteiger partial charge in [-0.05, 0) is 30.3 Å². The third kappa shape index (κ3) is 2.48. The molecule has 0 unspecified atom stereocenters. The molecule has 0 saturated carbocycles. The molecule has 0 atom stereocenters. The number of ketones is 1. The standard InChI is InChI=1S/C17H10BrN3O3/c18-11-3-4-14(22)12(6-11)17(23)10-8-19-16-7-13(20-21(16)9-10)15-2-1-5-24-15/h1-9,22H. The first-order valence-corrected chi connectivity index (χ1v) is 7.83. The van der Waals surface area contributed by atoms with Crippen molar-refractivity contribution >= 4 is 27.4 Å². The van der Waals surface area contributed by atoms with E-state index >= 15 is 0 Å². The zero-order valence-electron chi connectivity index (χ0n) is 12.2. The summed E-state index contributed by atoms with van der Waals surface area (Å²) in [6, 6.07) is 10.0. The Labute approximate surface area is 144 Å². The summed E-state index contributed by atoms with van der Waals surface area (Å²) in [5.41, 5.74) is 1.74. The minimum Gasteiger partial charge on any atom is -0.507 e. The van der Waals surface area contributed by atoms with Crippen molar-refractivity contribution in [2.75, 3.05) is 0 Å². The summed E-state index contributed by atoms with van der Waals surface area (Å²) < 4.78 is 7.54. The number of furan rings is 1. The SMILES string of the molecule is O=C(c1cnc2cc(-c3ccco3)nn2c1)c1cc(Br)ccc1O. The van der Waals surface area contributed by atoms with Gasteiger partial charge in [0.15, 0.2) is 17.2 Å². The summed E-state index contributed by atoms with van der Waals surface area (Å²) in [6.07, 6.45) is 4.61. The van der Waals surface area contributed by atoms with Crippen molar-refractivity contribution in [3.8, 4) is 17.2 Å². The van der Waals surface area contributed by atoms with Gasteiger partial charge in [-0.1, -0.05) is 15.9 Å². The molecule has 0 bridgehead atoms. The summed E-state index contributed by atoms with van der Waals surface area (Å²) >= 11 is 3.30. The molecule has 0 saturated heterocycles. The first kappa shape index (κ1) is 14.6. The molecular weight excluding hydrogens is 374 g/mol. The molecule has 0 fully saturated rings. The lowest BCUT2D eigenvalue weighted by Gasteiger charge is -2.04. The summed E-state index contributed by atoms with van der Waals surface area (Å²) in [5, 5.41) is 14.3. The van der Waals surface area contributed by atoms with Gasteiger partial charge >= 0.3 is 0 Å². The van der Waals surface area contributed by atoms with Gasteiger partial charge in [0, 0.05) is 22.9 Å². The zero-order valence-corrected chi connectivity index (χ0v) is 13.8. The molecule has 0 amide bonds. The molecule has 118 valence electrons. The van der Waals surface area contributed by atoms with Gasteiger partial charge in [0.25, 0.3) is 0 Å². The molecule has 1 aromatic carbocycles. The third-order valence-corrected chi connectivity index (χ3v) is 4.05. The second kappa shape index (κ2) is 5.61. The number of phenolic OH excluding ortho intramolecular Hbond substituents is 1. The van der Waals surface area contributed by atoms with Gasteiger partial charge in [-0.2, -0.15) is 5.10 Å². The number of aromatic hydroxyl groups is 1. The zero-order chi connectivity index (χ0) is 16.7. The fourth-order valence-corrected chi connectivity index (χ4v) is 2.75. The molecule has 1 N–H and O–H groups in total. The van der Waals surface area contributed by atoms with Crippen molar-refractivity contribution in [2.24, 2.45) is 0 Å². The van der Waals surface area contributed by atoms with Crippen LogP contribution in [0.1, 0.15) is 15.9 Å². The smallest absolute Gasteiger partial charge is 0.199 e. The number of benzene rings is 1. The number of hydrogen-bond acceptors (Lipinski definition) is 5. The molecule has 3 heterocycles. The van der Waals surface area contributed by atoms with E-state index in [1.165, 1.54) is 16.8 Å². The molecular formula is C17H10BrN3O3. The largest absolute Gasteiger partial charge is 0.507 e. The maximum Gasteiger partial charge on any atom is 0.199 e. The lowest BCUT2D eigenvalue weighted by Crippen LogP contribution is -2.05. The molecule has 0 aliphatic rings. The third-order valence-electron chi connectivity index (χ3n) is 3.55. The van der Waals surface area contributed by atoms with E-state index < -0.39 is 0 Å². The molecule has 0 aliphatic heterocycles. The van der Waals surface area contributed by atoms with Crippen LogP contribution in [0.2, 0.25) is 0 Å². The van der Waals surface area contributed by atoms with Gasteiger partial charge in [0.2, 0.25) is 0 Å². The van der Waals surface area contributed by atoms with Crippen molar-refractivity contribution in [1.29, 1.82) is 0 Å². The predicted molar refractivity (Wildman–Crippen MR) is 89.9 cm³/mol. The topological polar surface area (TPSA) is 80.6 Å². The van der Waals surface area contributed by atoms with Crippen LogP contribution in [0.3, 0.4) is 0 Å². The van der Waals surface area contributed by atoms with E-state index in [1.807, 2.05) is 0 Å². The summed E-state index contributed by atoms with van der Waals surface area (Å²) in [6.45, 7) is 0. The highest BCUT2D eigenvalue weighted by atomic mass is 79.9. The van der Waals surface area contributed by atoms with Gasteiger partial charge in [-0.15, -0.1) is 0 Å². The Bertz CT molecular complexity index is 1050. The molecule has 0 aliphatic carbocycles. The van der Waals surface area contributed by atoms with Crippen molar-refractivity contribution in [3.05, 3.63) is 70.7 Å². The van der Waals surface area contributed by atoms with Crippen LogP contribution >= 0.6 is 15.9 Å². The van der Waals surface area contributed by atoms with Gasteiger partial charge in [-0.25, -0.2) is 9.50 Å². The van der Waals surface area contributed by atoms with E-state index in [1.54, 1.807) is 42.8 Å². The average molecular weight is 384 g/mol. The van der Waals surface area contributed by atoms with Crippen molar-refractivity contribution in [1.82, 2.24) is 14.6 Å². The fourth-order valence-electron chi connectivity index (χ4n) is 2.38. The Morgan fingerprint density at radius 2 is 2.12 bits per heavy atom. The summed E-state index contributed by atoms with van der Waals surface area (Å²) in [5.74, 6) is 0.205. The molecule has 0 radical (unpaired) electrons. The Hall–Kier alpha value is -2.93. The number of nitrogens with zero attached hydrogens (tertiary/aromatic N) is 3. The average Bonchev–Trinajstić information content (AvgIpc) is 3.24. The number of phenols is 1. The Kier molecular flexibility index (Phi) is 3.42. The molecule has 7 heteroatoms. The number of hydrogen-bond donors (Lipinski definition) is 1. The van der Waals surface area contributed by atoms with E-state index in [-0.39, 0.29) is 17.1 Å². The molecule has 4 rings (SSSR count). The molecule has 4 aromatic rings. The minimum absolute atomic E-state index is 0.0833. The van der Waals surface area contributed by atoms with Gasteiger partial charge in [0.05, 0.1) is 17.4 Å². The maximum absolute atomic E-state index is 12.6. The van der Waals surface area contributed by atoms with E-state index in [2.05, 4.69) is 26.0 Å². The van der Waals surface area contributed by atoms with Crippen LogP contribution in [0.15, 0.2) is 63.9 Å². The summed E-state index contributed by atoms with van der Waals surface area (Å²) in [4.78, 5) is 16.9. The fraction of sp³-hybridized carbons (Fsp3) is 0. The highest BCUT2D eigenvalue weighted by Crippen LogP contribution is 2.25. The van der Waals surface area contributed by atoms with E-state index in [0.29, 0.717) is 27.1 Å². The predicted octanol–water partition coefficient (Wildman–Crippen LogP) is 3.69. The first-order chi connectivity index (χ1) is 11.6. The van der Waals surface area contributed by atoms with Crippen LogP contribution in [0.5, 0.6) is 5.75 Å². The quantitative estimate of drug-likeness (QED) is 0.545. The number of carbonyl (C=O) groups excluding carboxylic acids is 1. The number of rotatable bonds is 3. The molecule has 3 aromatic heterocycles.